The van der Waals surface area contributed by atoms with Gasteiger partial charge in [-0.05, 0) is 60.9 Å². The number of hydrogen-bond donors (Lipinski definition) is 1. The second-order valence-corrected chi connectivity index (χ2v) is 11.3. The first kappa shape index (κ1) is 28.9. The molecule has 8 nitrogen and oxygen atoms in total. The summed E-state index contributed by atoms with van der Waals surface area (Å²) in [4.78, 5) is 33.1. The van der Waals surface area contributed by atoms with E-state index in [9.17, 15) is 9.59 Å². The van der Waals surface area contributed by atoms with Crippen LogP contribution in [-0.2, 0) is 4.79 Å². The number of nitrogens with zero attached hydrogens (tertiary/aromatic N) is 2. The van der Waals surface area contributed by atoms with Gasteiger partial charge >= 0.3 is 0 Å². The van der Waals surface area contributed by atoms with Crippen LogP contribution in [0.5, 0.6) is 17.2 Å². The van der Waals surface area contributed by atoms with Crippen LogP contribution < -0.4 is 34.4 Å². The first-order valence-corrected chi connectivity index (χ1v) is 14.4. The fraction of sp³-hybridized carbons (Fsp3) is 0.242. The highest BCUT2D eigenvalue weighted by atomic mass is 32.1. The predicted molar refractivity (Wildman–Crippen MR) is 165 cm³/mol. The Hall–Kier alpha value is -4.63. The molecular formula is C33H33N3O5S. The van der Waals surface area contributed by atoms with Crippen LogP contribution in [0.3, 0.4) is 0 Å². The smallest absolute Gasteiger partial charge is 0.271 e. The molecule has 1 N–H and O–H groups in total. The normalized spacial score (nSPS) is 14.8. The molecule has 42 heavy (non-hydrogen) atoms. The first-order chi connectivity index (χ1) is 20.3. The largest absolute Gasteiger partial charge is 0.497 e. The molecular weight excluding hydrogens is 550 g/mol. The highest BCUT2D eigenvalue weighted by Gasteiger charge is 2.34. The summed E-state index contributed by atoms with van der Waals surface area (Å²) in [6.07, 6.45) is 1.83. The molecule has 1 aliphatic rings. The summed E-state index contributed by atoms with van der Waals surface area (Å²) in [5.74, 6) is 1.94. The molecule has 2 heterocycles. The standard InChI is InChI=1S/C33H33N3O5S/c1-20(2)19-41-24-13-11-22(12-14-24)17-28-32(38)36-30(26-16-15-25(39-4)18-27(26)40-5)29(21(3)34-33(36)42-28)31(37)35-23-9-7-6-8-10-23/h6-18,20,30H,19H2,1-5H3,(H,35,37)/b28-17-/t30-/m1/s1. The number of hydrogen-bond acceptors (Lipinski definition) is 7. The lowest BCUT2D eigenvalue weighted by Crippen LogP contribution is -2.40. The van der Waals surface area contributed by atoms with Crippen molar-refractivity contribution < 1.29 is 19.0 Å². The lowest BCUT2D eigenvalue weighted by Gasteiger charge is -2.26. The fourth-order valence-corrected chi connectivity index (χ4v) is 5.79. The van der Waals surface area contributed by atoms with E-state index < -0.39 is 6.04 Å². The number of amides is 1. The number of anilines is 1. The molecule has 1 aliphatic heterocycles. The van der Waals surface area contributed by atoms with Gasteiger partial charge in [-0.15, -0.1) is 0 Å². The molecule has 1 atom stereocenters. The first-order valence-electron chi connectivity index (χ1n) is 13.6. The molecule has 216 valence electrons. The quantitative estimate of drug-likeness (QED) is 0.302. The van der Waals surface area contributed by atoms with E-state index >= 15 is 0 Å². The molecule has 0 fully saturated rings. The number of nitrogens with one attached hydrogen (secondary N) is 1. The topological polar surface area (TPSA) is 91.2 Å². The van der Waals surface area contributed by atoms with E-state index in [1.807, 2.05) is 66.7 Å². The Morgan fingerprint density at radius 3 is 2.40 bits per heavy atom. The van der Waals surface area contributed by atoms with E-state index in [2.05, 4.69) is 19.2 Å². The second kappa shape index (κ2) is 12.5. The monoisotopic (exact) mass is 583 g/mol. The van der Waals surface area contributed by atoms with Gasteiger partial charge in [0, 0.05) is 17.3 Å². The number of methoxy groups -OCH3 is 2. The molecule has 0 radical (unpaired) electrons. The number of fused-ring (bicyclic) bond motifs is 1. The van der Waals surface area contributed by atoms with Gasteiger partial charge < -0.3 is 19.5 Å². The van der Waals surface area contributed by atoms with Crippen molar-refractivity contribution in [2.24, 2.45) is 10.9 Å². The van der Waals surface area contributed by atoms with Crippen LogP contribution in [0, 0.1) is 5.92 Å². The Labute approximate surface area is 248 Å². The van der Waals surface area contributed by atoms with Crippen LogP contribution in [0.25, 0.3) is 6.08 Å². The Morgan fingerprint density at radius 2 is 1.74 bits per heavy atom. The molecule has 1 amide bonds. The summed E-state index contributed by atoms with van der Waals surface area (Å²) in [6, 6.07) is 21.4. The van der Waals surface area contributed by atoms with Gasteiger partial charge in [0.1, 0.15) is 23.3 Å². The highest BCUT2D eigenvalue weighted by Crippen LogP contribution is 2.37. The van der Waals surface area contributed by atoms with Crippen molar-refractivity contribution >= 4 is 29.0 Å². The van der Waals surface area contributed by atoms with Crippen LogP contribution in [0.2, 0.25) is 0 Å². The minimum Gasteiger partial charge on any atom is -0.497 e. The third kappa shape index (κ3) is 6.01. The second-order valence-electron chi connectivity index (χ2n) is 10.3. The van der Waals surface area contributed by atoms with Gasteiger partial charge in [0.25, 0.3) is 11.5 Å². The fourth-order valence-electron chi connectivity index (χ4n) is 4.74. The maximum atomic E-state index is 14.0. The van der Waals surface area contributed by atoms with Crippen molar-refractivity contribution in [3.8, 4) is 17.2 Å². The van der Waals surface area contributed by atoms with E-state index in [1.54, 1.807) is 37.8 Å². The van der Waals surface area contributed by atoms with Crippen LogP contribution in [0.1, 0.15) is 37.9 Å². The number of ether oxygens (including phenoxy) is 3. The number of rotatable bonds is 9. The number of allylic oxidation sites excluding steroid dienone is 1. The van der Waals surface area contributed by atoms with Crippen molar-refractivity contribution in [1.29, 1.82) is 0 Å². The van der Waals surface area contributed by atoms with Crippen molar-refractivity contribution in [2.75, 3.05) is 26.1 Å². The molecule has 0 unspecified atom stereocenters. The minimum absolute atomic E-state index is 0.251. The zero-order chi connectivity index (χ0) is 29.8. The maximum Gasteiger partial charge on any atom is 0.271 e. The van der Waals surface area contributed by atoms with Gasteiger partial charge in [0.2, 0.25) is 0 Å². The van der Waals surface area contributed by atoms with Gasteiger partial charge in [-0.1, -0.05) is 55.5 Å². The average molecular weight is 584 g/mol. The molecule has 3 aromatic carbocycles. The number of thiazole rings is 1. The summed E-state index contributed by atoms with van der Waals surface area (Å²) in [5.41, 5.74) is 2.76. The summed E-state index contributed by atoms with van der Waals surface area (Å²) in [5, 5.41) is 2.97. The van der Waals surface area contributed by atoms with Crippen molar-refractivity contribution in [3.05, 3.63) is 115 Å². The van der Waals surface area contributed by atoms with Crippen molar-refractivity contribution in [2.45, 2.75) is 26.8 Å². The van der Waals surface area contributed by atoms with Crippen molar-refractivity contribution in [3.63, 3.8) is 0 Å². The molecule has 1 aromatic heterocycles. The van der Waals surface area contributed by atoms with Crippen LogP contribution >= 0.6 is 11.3 Å². The molecule has 9 heteroatoms. The Bertz CT molecular complexity index is 1810. The van der Waals surface area contributed by atoms with E-state index in [1.165, 1.54) is 11.3 Å². The van der Waals surface area contributed by atoms with E-state index in [0.29, 0.717) is 55.9 Å². The molecule has 0 aliphatic carbocycles. The van der Waals surface area contributed by atoms with Crippen LogP contribution in [-0.4, -0.2) is 31.3 Å². The van der Waals surface area contributed by atoms with Gasteiger partial charge in [-0.25, -0.2) is 4.99 Å². The van der Waals surface area contributed by atoms with Crippen LogP contribution in [0.15, 0.2) is 93.9 Å². The highest BCUT2D eigenvalue weighted by molar-refractivity contribution is 7.07. The Kier molecular flexibility index (Phi) is 8.59. The number of aromatic nitrogens is 1. The zero-order valence-electron chi connectivity index (χ0n) is 24.2. The lowest BCUT2D eigenvalue weighted by atomic mass is 9.94. The third-order valence-corrected chi connectivity index (χ3v) is 7.78. The number of para-hydroxylation sites is 1. The zero-order valence-corrected chi connectivity index (χ0v) is 25.0. The molecule has 0 spiro atoms. The van der Waals surface area contributed by atoms with E-state index in [0.717, 1.165) is 11.3 Å². The van der Waals surface area contributed by atoms with Crippen LogP contribution in [0.4, 0.5) is 5.69 Å². The summed E-state index contributed by atoms with van der Waals surface area (Å²) < 4.78 is 19.0. The summed E-state index contributed by atoms with van der Waals surface area (Å²) in [6.45, 7) is 6.62. The predicted octanol–water partition coefficient (Wildman–Crippen LogP) is 4.93. The summed E-state index contributed by atoms with van der Waals surface area (Å²) >= 11 is 1.28. The van der Waals surface area contributed by atoms with Gasteiger partial charge in [0.05, 0.1) is 36.6 Å². The SMILES string of the molecule is COc1ccc([C@@H]2C(C(=O)Nc3ccccc3)=C(C)N=c3s/c(=C\c4ccc(OCC(C)C)cc4)c(=O)n32)c(OC)c1. The Morgan fingerprint density at radius 1 is 1.02 bits per heavy atom. The number of carbonyl (C=O) groups excluding carboxylic acids is 1. The molecule has 0 saturated heterocycles. The third-order valence-electron chi connectivity index (χ3n) is 6.79. The van der Waals surface area contributed by atoms with Crippen molar-refractivity contribution in [1.82, 2.24) is 4.57 Å². The molecule has 5 rings (SSSR count). The average Bonchev–Trinajstić information content (AvgIpc) is 3.29. The van der Waals surface area contributed by atoms with Gasteiger partial charge in [-0.3, -0.25) is 14.2 Å². The molecule has 0 saturated carbocycles. The maximum absolute atomic E-state index is 14.0. The van der Waals surface area contributed by atoms with E-state index in [-0.39, 0.29) is 11.5 Å². The van der Waals surface area contributed by atoms with Gasteiger partial charge in [-0.2, -0.15) is 0 Å². The van der Waals surface area contributed by atoms with E-state index in [4.69, 9.17) is 19.2 Å². The Balaban J connectivity index is 1.63. The number of carbonyl (C=O) groups is 1. The molecule has 0 bridgehead atoms. The van der Waals surface area contributed by atoms with Gasteiger partial charge in [0.15, 0.2) is 4.80 Å². The summed E-state index contributed by atoms with van der Waals surface area (Å²) in [7, 11) is 3.13. The number of benzene rings is 3. The lowest BCUT2D eigenvalue weighted by molar-refractivity contribution is -0.113. The minimum atomic E-state index is -0.778. The molecule has 4 aromatic rings.